The maximum absolute atomic E-state index is 12.3. The third-order valence-corrected chi connectivity index (χ3v) is 4.66. The molecule has 106 valence electrons. The Hall–Kier alpha value is -2.13. The Labute approximate surface area is 123 Å². The fourth-order valence-corrected chi connectivity index (χ4v) is 3.81. The molecule has 0 amide bonds. The van der Waals surface area contributed by atoms with Crippen molar-refractivity contribution in [3.63, 3.8) is 0 Å². The molecule has 0 aliphatic carbocycles. The van der Waals surface area contributed by atoms with Crippen molar-refractivity contribution in [2.45, 2.75) is 18.1 Å². The van der Waals surface area contributed by atoms with Crippen molar-refractivity contribution in [2.75, 3.05) is 7.11 Å². The average molecular weight is 280 g/mol. The first kappa shape index (κ1) is 12.6. The monoisotopic (exact) mass is 280 g/mol. The summed E-state index contributed by atoms with van der Waals surface area (Å²) in [5.41, 5.74) is 2.62. The van der Waals surface area contributed by atoms with Crippen molar-refractivity contribution >= 4 is 5.97 Å². The van der Waals surface area contributed by atoms with Gasteiger partial charge in [0.05, 0.1) is 19.1 Å². The van der Waals surface area contributed by atoms with E-state index in [0.29, 0.717) is 6.42 Å². The topological polar surface area (TPSA) is 35.5 Å². The highest BCUT2D eigenvalue weighted by Crippen LogP contribution is 2.60. The van der Waals surface area contributed by atoms with E-state index in [0.717, 1.165) is 11.1 Å². The minimum atomic E-state index is -0.699. The quantitative estimate of drug-likeness (QED) is 0.792. The number of methoxy groups -OCH3 is 1. The molecule has 3 nitrogen and oxygen atoms in total. The van der Waals surface area contributed by atoms with Crippen molar-refractivity contribution in [3.05, 3.63) is 71.3 Å². The summed E-state index contributed by atoms with van der Waals surface area (Å²) >= 11 is 0. The molecule has 0 aromatic heterocycles. The summed E-state index contributed by atoms with van der Waals surface area (Å²) in [4.78, 5) is 12.3. The fourth-order valence-electron chi connectivity index (χ4n) is 3.81. The SMILES string of the molecule is COC(=O)C1C[C@@H]2O[C@@]1(c1ccccc1)c1ccccc12. The van der Waals surface area contributed by atoms with Crippen LogP contribution >= 0.6 is 0 Å². The predicted molar refractivity (Wildman–Crippen MR) is 77.6 cm³/mol. The number of benzene rings is 2. The van der Waals surface area contributed by atoms with Gasteiger partial charge in [0.1, 0.15) is 5.60 Å². The maximum Gasteiger partial charge on any atom is 0.312 e. The first-order valence-electron chi connectivity index (χ1n) is 7.18. The van der Waals surface area contributed by atoms with Crippen LogP contribution in [0.1, 0.15) is 29.2 Å². The highest BCUT2D eigenvalue weighted by Gasteiger charge is 2.60. The zero-order chi connectivity index (χ0) is 14.4. The highest BCUT2D eigenvalue weighted by atomic mass is 16.5. The molecular formula is C18H16O3. The van der Waals surface area contributed by atoms with Crippen LogP contribution in [0.15, 0.2) is 54.6 Å². The minimum absolute atomic E-state index is 0.0227. The van der Waals surface area contributed by atoms with Gasteiger partial charge in [-0.2, -0.15) is 0 Å². The lowest BCUT2D eigenvalue weighted by Crippen LogP contribution is -2.38. The first-order valence-corrected chi connectivity index (χ1v) is 7.18. The lowest BCUT2D eigenvalue weighted by molar-refractivity contribution is -0.150. The van der Waals surface area contributed by atoms with Gasteiger partial charge in [-0.05, 0) is 23.1 Å². The van der Waals surface area contributed by atoms with Crippen LogP contribution in [0.3, 0.4) is 0 Å². The summed E-state index contributed by atoms with van der Waals surface area (Å²) in [7, 11) is 1.44. The standard InChI is InChI=1S/C18H16O3/c1-20-17(19)15-11-16-13-9-5-6-10-14(13)18(15,21-16)12-7-3-2-4-8-12/h2-10,15-16H,11H2,1H3/t15?,16-,18-/m0/s1. The Morgan fingerprint density at radius 1 is 1.14 bits per heavy atom. The minimum Gasteiger partial charge on any atom is -0.469 e. The largest absolute Gasteiger partial charge is 0.469 e. The number of hydrogen-bond acceptors (Lipinski definition) is 3. The van der Waals surface area contributed by atoms with E-state index < -0.39 is 5.60 Å². The van der Waals surface area contributed by atoms with Gasteiger partial charge in [0.15, 0.2) is 0 Å². The maximum atomic E-state index is 12.3. The van der Waals surface area contributed by atoms with Gasteiger partial charge in [-0.15, -0.1) is 0 Å². The van der Waals surface area contributed by atoms with E-state index >= 15 is 0 Å². The van der Waals surface area contributed by atoms with Gasteiger partial charge in [0.2, 0.25) is 0 Å². The lowest BCUT2D eigenvalue weighted by atomic mass is 9.71. The first-order chi connectivity index (χ1) is 10.3. The summed E-state index contributed by atoms with van der Waals surface area (Å²) < 4.78 is 11.4. The summed E-state index contributed by atoms with van der Waals surface area (Å²) in [6.07, 6.45) is 0.656. The second kappa shape index (κ2) is 4.43. The molecule has 2 aliphatic heterocycles. The molecule has 2 heterocycles. The smallest absolute Gasteiger partial charge is 0.312 e. The molecular weight excluding hydrogens is 264 g/mol. The molecule has 1 unspecified atom stereocenters. The van der Waals surface area contributed by atoms with Crippen LogP contribution < -0.4 is 0 Å². The zero-order valence-corrected chi connectivity index (χ0v) is 11.8. The van der Waals surface area contributed by atoms with Crippen LogP contribution in [0.25, 0.3) is 0 Å². The van der Waals surface area contributed by atoms with Crippen LogP contribution in [0.2, 0.25) is 0 Å². The van der Waals surface area contributed by atoms with Gasteiger partial charge in [0.25, 0.3) is 0 Å². The van der Waals surface area contributed by atoms with Crippen LogP contribution in [-0.4, -0.2) is 13.1 Å². The Kier molecular flexibility index (Phi) is 2.66. The van der Waals surface area contributed by atoms with Gasteiger partial charge in [0, 0.05) is 0 Å². The molecule has 2 aromatic carbocycles. The van der Waals surface area contributed by atoms with Crippen molar-refractivity contribution in [1.29, 1.82) is 0 Å². The molecule has 2 aromatic rings. The second-order valence-electron chi connectivity index (χ2n) is 5.61. The number of carbonyl (C=O) groups excluding carboxylic acids is 1. The predicted octanol–water partition coefficient (Wildman–Crippen LogP) is 3.19. The normalized spacial score (nSPS) is 29.2. The molecule has 21 heavy (non-hydrogen) atoms. The number of fused-ring (bicyclic) bond motifs is 5. The van der Waals surface area contributed by atoms with E-state index in [2.05, 4.69) is 12.1 Å². The van der Waals surface area contributed by atoms with Gasteiger partial charge < -0.3 is 9.47 Å². The Morgan fingerprint density at radius 2 is 1.86 bits per heavy atom. The van der Waals surface area contributed by atoms with Gasteiger partial charge >= 0.3 is 5.97 Å². The molecule has 0 spiro atoms. The van der Waals surface area contributed by atoms with Crippen molar-refractivity contribution in [2.24, 2.45) is 5.92 Å². The van der Waals surface area contributed by atoms with Crippen molar-refractivity contribution < 1.29 is 14.3 Å². The van der Waals surface area contributed by atoms with Crippen LogP contribution in [0, 0.1) is 5.92 Å². The van der Waals surface area contributed by atoms with Crippen LogP contribution in [0.4, 0.5) is 0 Å². The summed E-state index contributed by atoms with van der Waals surface area (Å²) in [6, 6.07) is 18.2. The fraction of sp³-hybridized carbons (Fsp3) is 0.278. The van der Waals surface area contributed by atoms with Gasteiger partial charge in [-0.3, -0.25) is 4.79 Å². The number of carbonyl (C=O) groups is 1. The Morgan fingerprint density at radius 3 is 2.62 bits per heavy atom. The van der Waals surface area contributed by atoms with E-state index in [1.165, 1.54) is 12.7 Å². The lowest BCUT2D eigenvalue weighted by Gasteiger charge is -2.33. The molecule has 1 fully saturated rings. The molecule has 1 saturated heterocycles. The molecule has 4 rings (SSSR count). The summed E-state index contributed by atoms with van der Waals surface area (Å²) in [6.45, 7) is 0. The van der Waals surface area contributed by atoms with E-state index in [-0.39, 0.29) is 18.0 Å². The summed E-state index contributed by atoms with van der Waals surface area (Å²) in [5.74, 6) is -0.486. The molecule has 0 radical (unpaired) electrons. The second-order valence-corrected chi connectivity index (χ2v) is 5.61. The highest BCUT2D eigenvalue weighted by molar-refractivity contribution is 5.77. The number of esters is 1. The Balaban J connectivity index is 1.96. The average Bonchev–Trinajstić information content (AvgIpc) is 3.11. The van der Waals surface area contributed by atoms with Gasteiger partial charge in [-0.1, -0.05) is 54.6 Å². The van der Waals surface area contributed by atoms with E-state index in [1.807, 2.05) is 42.5 Å². The number of rotatable bonds is 2. The van der Waals surface area contributed by atoms with Gasteiger partial charge in [-0.25, -0.2) is 0 Å². The molecule has 3 heteroatoms. The third kappa shape index (κ3) is 1.55. The van der Waals surface area contributed by atoms with E-state index in [4.69, 9.17) is 9.47 Å². The molecule has 2 aliphatic rings. The number of ether oxygens (including phenoxy) is 2. The Bertz CT molecular complexity index is 695. The van der Waals surface area contributed by atoms with E-state index in [9.17, 15) is 4.79 Å². The molecule has 0 saturated carbocycles. The third-order valence-electron chi connectivity index (χ3n) is 4.66. The van der Waals surface area contributed by atoms with Crippen LogP contribution in [-0.2, 0) is 19.9 Å². The molecule has 3 atom stereocenters. The van der Waals surface area contributed by atoms with Crippen molar-refractivity contribution in [1.82, 2.24) is 0 Å². The number of hydrogen-bond donors (Lipinski definition) is 0. The van der Waals surface area contributed by atoms with Crippen molar-refractivity contribution in [3.8, 4) is 0 Å². The molecule has 0 N–H and O–H groups in total. The van der Waals surface area contributed by atoms with E-state index in [1.54, 1.807) is 0 Å². The molecule has 2 bridgehead atoms. The summed E-state index contributed by atoms with van der Waals surface area (Å²) in [5, 5.41) is 0. The van der Waals surface area contributed by atoms with Crippen LogP contribution in [0.5, 0.6) is 0 Å². The zero-order valence-electron chi connectivity index (χ0n) is 11.8.